The Morgan fingerprint density at radius 2 is 1.81 bits per heavy atom. The number of nitrogens with zero attached hydrogens (tertiary/aromatic N) is 1. The third kappa shape index (κ3) is 11.2. The van der Waals surface area contributed by atoms with Crippen molar-refractivity contribution in [2.75, 3.05) is 18.6 Å². The van der Waals surface area contributed by atoms with Gasteiger partial charge in [0.25, 0.3) is 0 Å². The molecule has 4 N–H and O–H groups in total. The van der Waals surface area contributed by atoms with Crippen LogP contribution in [0.1, 0.15) is 67.2 Å². The zero-order valence-electron chi connectivity index (χ0n) is 22.8. The Morgan fingerprint density at radius 1 is 1.16 bits per heavy atom. The van der Waals surface area contributed by atoms with Crippen LogP contribution in [0.2, 0.25) is 0 Å². The molecule has 0 aromatic carbocycles. The molecule has 1 aliphatic heterocycles. The number of carbonyl (C=O) groups excluding carboxylic acids is 4. The fraction of sp³-hybridized carbons (Fsp3) is 0.792. The standard InChI is InChI=1S/C24H42N4O7SSe/c1-8-14(2)18(26-20(30)17-10-9-12-28(17)23(34)35-24(4,5)6)22(33)37-27-16(11-13-36-7)19(29)25-15(3)21(31)32/h14-18,27H,8-13H2,1-7H3,(H,25,29)(H,26,30)(H,31,32)/t14-,15-,16-,17-,18-/m0/s1. The number of rotatable bonds is 14. The number of aliphatic carboxylic acids is 1. The summed E-state index contributed by atoms with van der Waals surface area (Å²) in [6.07, 6.45) is 3.53. The van der Waals surface area contributed by atoms with Gasteiger partial charge in [0.2, 0.25) is 0 Å². The predicted molar refractivity (Wildman–Crippen MR) is 143 cm³/mol. The van der Waals surface area contributed by atoms with E-state index in [1.165, 1.54) is 23.6 Å². The summed E-state index contributed by atoms with van der Waals surface area (Å²) in [5.74, 6) is -1.55. The van der Waals surface area contributed by atoms with Crippen LogP contribution in [0.15, 0.2) is 0 Å². The first kappa shape index (κ1) is 33.2. The molecule has 0 aromatic heterocycles. The van der Waals surface area contributed by atoms with Crippen molar-refractivity contribution in [3.05, 3.63) is 0 Å². The maximum atomic E-state index is 13.2. The number of carbonyl (C=O) groups is 5. The molecule has 0 aliphatic carbocycles. The van der Waals surface area contributed by atoms with Crippen LogP contribution in [0.25, 0.3) is 0 Å². The van der Waals surface area contributed by atoms with Crippen LogP contribution in [0, 0.1) is 5.92 Å². The number of nitrogens with one attached hydrogen (secondary N) is 3. The molecule has 3 amide bonds. The quantitative estimate of drug-likeness (QED) is 0.214. The van der Waals surface area contributed by atoms with Crippen molar-refractivity contribution in [1.29, 1.82) is 0 Å². The zero-order chi connectivity index (χ0) is 28.3. The van der Waals surface area contributed by atoms with Crippen molar-refractivity contribution < 1.29 is 33.8 Å². The van der Waals surface area contributed by atoms with Gasteiger partial charge in [0.05, 0.1) is 0 Å². The Labute approximate surface area is 230 Å². The van der Waals surface area contributed by atoms with Gasteiger partial charge < -0.3 is 0 Å². The average molecular weight is 610 g/mol. The van der Waals surface area contributed by atoms with Crippen molar-refractivity contribution in [3.63, 3.8) is 0 Å². The number of ether oxygens (including phenoxy) is 1. The molecule has 1 aliphatic rings. The van der Waals surface area contributed by atoms with E-state index in [2.05, 4.69) is 15.0 Å². The van der Waals surface area contributed by atoms with Crippen molar-refractivity contribution in [1.82, 2.24) is 19.9 Å². The number of carboxylic acids is 1. The predicted octanol–water partition coefficient (Wildman–Crippen LogP) is 1.36. The normalized spacial score (nSPS) is 18.9. The number of hydrogen-bond donors (Lipinski definition) is 4. The van der Waals surface area contributed by atoms with Gasteiger partial charge in [-0.15, -0.1) is 0 Å². The van der Waals surface area contributed by atoms with E-state index in [0.717, 1.165) is 0 Å². The average Bonchev–Trinajstić information content (AvgIpc) is 3.31. The molecular weight excluding hydrogens is 567 g/mol. The summed E-state index contributed by atoms with van der Waals surface area (Å²) in [6, 6.07) is -3.29. The first-order chi connectivity index (χ1) is 17.2. The summed E-state index contributed by atoms with van der Waals surface area (Å²) in [6.45, 7) is 10.9. The van der Waals surface area contributed by atoms with Crippen molar-refractivity contribution in [3.8, 4) is 0 Å². The van der Waals surface area contributed by atoms with Gasteiger partial charge in [-0.2, -0.15) is 0 Å². The van der Waals surface area contributed by atoms with E-state index in [1.54, 1.807) is 20.8 Å². The second kappa shape index (κ2) is 15.6. The van der Waals surface area contributed by atoms with E-state index in [1.807, 2.05) is 20.1 Å². The van der Waals surface area contributed by atoms with E-state index in [4.69, 9.17) is 9.84 Å². The molecular formula is C24H42N4O7SSe. The molecule has 0 unspecified atom stereocenters. The third-order valence-corrected chi connectivity index (χ3v) is 8.35. The van der Waals surface area contributed by atoms with E-state index in [-0.39, 0.29) is 10.6 Å². The fourth-order valence-electron chi connectivity index (χ4n) is 3.54. The number of amides is 3. The van der Waals surface area contributed by atoms with Crippen LogP contribution in [0.3, 0.4) is 0 Å². The molecule has 0 saturated carbocycles. The van der Waals surface area contributed by atoms with Gasteiger partial charge in [0, 0.05) is 0 Å². The molecule has 13 heteroatoms. The molecule has 212 valence electrons. The fourth-order valence-corrected chi connectivity index (χ4v) is 5.91. The summed E-state index contributed by atoms with van der Waals surface area (Å²) in [5.41, 5.74) is -0.689. The molecule has 37 heavy (non-hydrogen) atoms. The number of carboxylic acid groups (broad SMARTS) is 1. The second-order valence-electron chi connectivity index (χ2n) is 10.1. The van der Waals surface area contributed by atoms with E-state index in [0.29, 0.717) is 38.0 Å². The molecule has 1 heterocycles. The molecule has 1 fully saturated rings. The molecule has 0 bridgehead atoms. The van der Waals surface area contributed by atoms with Gasteiger partial charge in [-0.25, -0.2) is 0 Å². The van der Waals surface area contributed by atoms with Crippen molar-refractivity contribution in [2.24, 2.45) is 5.92 Å². The summed E-state index contributed by atoms with van der Waals surface area (Å²) in [7, 11) is 0. The van der Waals surface area contributed by atoms with Crippen LogP contribution >= 0.6 is 11.8 Å². The van der Waals surface area contributed by atoms with Crippen LogP contribution in [-0.2, 0) is 23.9 Å². The maximum absolute atomic E-state index is 13.2. The second-order valence-corrected chi connectivity index (χ2v) is 12.9. The monoisotopic (exact) mass is 610 g/mol. The summed E-state index contributed by atoms with van der Waals surface area (Å²) < 4.78 is 8.22. The van der Waals surface area contributed by atoms with Gasteiger partial charge in [-0.1, -0.05) is 0 Å². The van der Waals surface area contributed by atoms with Crippen molar-refractivity contribution in [2.45, 2.75) is 97.0 Å². The minimum atomic E-state index is -1.15. The summed E-state index contributed by atoms with van der Waals surface area (Å²) >= 11 is 0.684. The van der Waals surface area contributed by atoms with Crippen LogP contribution in [0.5, 0.6) is 0 Å². The van der Waals surface area contributed by atoms with Crippen LogP contribution < -0.4 is 15.0 Å². The van der Waals surface area contributed by atoms with E-state index in [9.17, 15) is 24.0 Å². The molecule has 1 rings (SSSR count). The third-order valence-electron chi connectivity index (χ3n) is 5.91. The van der Waals surface area contributed by atoms with Gasteiger partial charge in [0.15, 0.2) is 0 Å². The Bertz CT molecular complexity index is 823. The van der Waals surface area contributed by atoms with Crippen molar-refractivity contribution >= 4 is 55.5 Å². The first-order valence-electron chi connectivity index (χ1n) is 12.5. The van der Waals surface area contributed by atoms with Gasteiger partial charge >= 0.3 is 231 Å². The van der Waals surface area contributed by atoms with Crippen LogP contribution in [0.4, 0.5) is 4.79 Å². The van der Waals surface area contributed by atoms with Gasteiger partial charge in [0.1, 0.15) is 0 Å². The molecule has 0 aromatic rings. The summed E-state index contributed by atoms with van der Waals surface area (Å²) in [4.78, 5) is 64.2. The molecule has 11 nitrogen and oxygen atoms in total. The number of thioether (sulfide) groups is 1. The van der Waals surface area contributed by atoms with E-state index >= 15 is 0 Å². The molecule has 0 spiro atoms. The minimum absolute atomic E-state index is 0.165. The Kier molecular flexibility index (Phi) is 14.0. The molecule has 0 radical (unpaired) electrons. The SMILES string of the molecule is CC[C@H](C)[C@H](NC(=O)[C@@H]1CCCN1C(=O)OC(C)(C)C)C(=O)[Se]N[C@@H](CCSC)C(=O)N[C@@H](C)C(=O)O. The first-order valence-corrected chi connectivity index (χ1v) is 15.6. The van der Waals surface area contributed by atoms with Gasteiger partial charge in [-0.3, -0.25) is 0 Å². The Morgan fingerprint density at radius 3 is 2.35 bits per heavy atom. The Hall–Kier alpha value is -1.82. The van der Waals surface area contributed by atoms with Crippen LogP contribution in [-0.4, -0.2) is 102 Å². The topological polar surface area (TPSA) is 154 Å². The van der Waals surface area contributed by atoms with Gasteiger partial charge in [-0.05, 0) is 0 Å². The summed E-state index contributed by atoms with van der Waals surface area (Å²) in [5, 5.41) is 14.4. The van der Waals surface area contributed by atoms with E-state index < -0.39 is 68.8 Å². The Balaban J connectivity index is 2.90. The number of likely N-dealkylation sites (tertiary alicyclic amines) is 1. The molecule has 1 saturated heterocycles. The zero-order valence-corrected chi connectivity index (χ0v) is 25.3. The molecule has 5 atom stereocenters. The number of hydrogen-bond acceptors (Lipinski definition) is 8.